The fourth-order valence-corrected chi connectivity index (χ4v) is 11.1. The van der Waals surface area contributed by atoms with Crippen LogP contribution in [0.15, 0.2) is 207 Å². The van der Waals surface area contributed by atoms with E-state index in [2.05, 4.69) is 220 Å². The number of allylic oxidation sites excluding steroid dienone is 34. The van der Waals surface area contributed by atoms with E-state index in [4.69, 9.17) is 18.5 Å². The van der Waals surface area contributed by atoms with Gasteiger partial charge in [-0.1, -0.05) is 342 Å². The van der Waals surface area contributed by atoms with Crippen molar-refractivity contribution in [2.75, 3.05) is 47.5 Å². The predicted octanol–water partition coefficient (Wildman–Crippen LogP) is 26.9. The predicted molar refractivity (Wildman–Crippen MR) is 435 cm³/mol. The first-order valence-corrected chi connectivity index (χ1v) is 41.3. The molecule has 9 nitrogen and oxygen atoms in total. The van der Waals surface area contributed by atoms with Crippen LogP contribution in [0.1, 0.15) is 296 Å². The van der Waals surface area contributed by atoms with Gasteiger partial charge in [-0.2, -0.15) is 0 Å². The molecule has 564 valence electrons. The van der Waals surface area contributed by atoms with Gasteiger partial charge >= 0.3 is 19.8 Å². The lowest BCUT2D eigenvalue weighted by Crippen LogP contribution is -2.37. The van der Waals surface area contributed by atoms with Crippen LogP contribution in [0.4, 0.5) is 0 Å². The van der Waals surface area contributed by atoms with Crippen molar-refractivity contribution in [3.8, 4) is 0 Å². The van der Waals surface area contributed by atoms with Gasteiger partial charge in [-0.05, 0) is 148 Å². The summed E-state index contributed by atoms with van der Waals surface area (Å²) in [5, 5.41) is 0. The van der Waals surface area contributed by atoms with Crippen molar-refractivity contribution >= 4 is 19.8 Å². The molecule has 0 heterocycles. The molecule has 0 aliphatic carbocycles. The zero-order valence-corrected chi connectivity index (χ0v) is 65.2. The summed E-state index contributed by atoms with van der Waals surface area (Å²) in [6.45, 7) is 4.19. The van der Waals surface area contributed by atoms with Gasteiger partial charge in [-0.3, -0.25) is 18.6 Å². The minimum Gasteiger partial charge on any atom is -0.462 e. The van der Waals surface area contributed by atoms with Gasteiger partial charge in [0.25, 0.3) is 0 Å². The molecule has 0 rings (SSSR count). The topological polar surface area (TPSA) is 108 Å². The first-order valence-electron chi connectivity index (χ1n) is 39.8. The molecule has 0 spiro atoms. The number of unbranched alkanes of at least 4 members (excludes halogenated alkanes) is 23. The number of phosphoric acid groups is 1. The van der Waals surface area contributed by atoms with E-state index in [0.717, 1.165) is 161 Å². The molecule has 0 saturated heterocycles. The Hall–Kier alpha value is -5.41. The molecule has 0 aliphatic rings. The third kappa shape index (κ3) is 81.6. The highest BCUT2D eigenvalue weighted by molar-refractivity contribution is 7.47. The molecule has 2 atom stereocenters. The van der Waals surface area contributed by atoms with Crippen LogP contribution in [-0.4, -0.2) is 74.9 Å². The van der Waals surface area contributed by atoms with E-state index in [1.54, 1.807) is 0 Å². The van der Waals surface area contributed by atoms with Crippen molar-refractivity contribution in [2.24, 2.45) is 0 Å². The average molecular weight is 1400 g/mol. The second-order valence-corrected chi connectivity index (χ2v) is 28.4. The third-order valence-electron chi connectivity index (χ3n) is 16.3. The monoisotopic (exact) mass is 1400 g/mol. The number of ether oxygens (including phenoxy) is 2. The molecule has 0 fully saturated rings. The minimum absolute atomic E-state index is 0.0217. The summed E-state index contributed by atoms with van der Waals surface area (Å²) in [6, 6.07) is 0. The second-order valence-electron chi connectivity index (χ2n) is 27.0. The molecule has 0 bridgehead atoms. The quantitative estimate of drug-likeness (QED) is 0.0211. The van der Waals surface area contributed by atoms with E-state index >= 15 is 0 Å². The molecule has 0 aromatic heterocycles. The van der Waals surface area contributed by atoms with E-state index in [9.17, 15) is 19.0 Å². The average Bonchev–Trinajstić information content (AvgIpc) is 1.30. The zero-order chi connectivity index (χ0) is 72.5. The number of likely N-dealkylation sites (N-methyl/N-ethyl adjacent to an activating group) is 1. The summed E-state index contributed by atoms with van der Waals surface area (Å²) in [5.74, 6) is -0.811. The second kappa shape index (κ2) is 77.7. The van der Waals surface area contributed by atoms with Gasteiger partial charge in [0.15, 0.2) is 6.10 Å². The fourth-order valence-electron chi connectivity index (χ4n) is 10.3. The van der Waals surface area contributed by atoms with Crippen molar-refractivity contribution < 1.29 is 42.1 Å². The van der Waals surface area contributed by atoms with Crippen LogP contribution in [0.3, 0.4) is 0 Å². The standard InChI is InChI=1S/C90H146NO8P/c1-6-8-10-12-14-16-18-20-22-24-26-28-30-32-34-36-38-40-42-43-44-45-46-47-49-51-53-55-57-59-61-63-65-67-69-71-73-75-77-79-81-83-90(93)99-88(87-98-100(94,95)97-85-84-91(3,4)5)86-96-89(92)82-80-78-76-74-72-70-68-66-64-62-60-58-56-54-52-50-48-41-39-37-35-33-31-29-27-25-23-21-19-17-15-13-11-9-7-2/h8-11,14-17,20-23,26-29,32-35,38-41,43-44,46-47,50-53,56,58,88H,6-7,12-13,18-19,24-25,30-31,36-37,42,45,48-49,54-55,57,59-87H2,1-5H3/p+1/b10-8-,11-9-,16-14-,17-15-,22-20-,23-21-,28-26-,29-27-,34-32-,35-33-,40-38-,41-39-,44-43-,47-46-,52-50-,53-51-,58-56-. The number of esters is 2. The van der Waals surface area contributed by atoms with Crippen LogP contribution < -0.4 is 0 Å². The summed E-state index contributed by atoms with van der Waals surface area (Å²) >= 11 is 0. The highest BCUT2D eigenvalue weighted by Gasteiger charge is 2.27. The molecular weight excluding hydrogens is 1250 g/mol. The van der Waals surface area contributed by atoms with Crippen molar-refractivity contribution in [3.63, 3.8) is 0 Å². The number of nitrogens with zero attached hydrogens (tertiary/aromatic N) is 1. The van der Waals surface area contributed by atoms with Gasteiger partial charge in [0, 0.05) is 12.8 Å². The van der Waals surface area contributed by atoms with Crippen LogP contribution >= 0.6 is 7.82 Å². The maximum Gasteiger partial charge on any atom is 0.472 e. The fraction of sp³-hybridized carbons (Fsp3) is 0.600. The SMILES string of the molecule is CC/C=C\C/C=C\C/C=C\C/C=C\C/C=C\C/C=C\C/C=C\C/C=C\C/C=C\CCCCCCCCCCCCCCCC(=O)OC(COC(=O)CCCCCCCCCCCC/C=C\C/C=C\C/C=C\C/C=C\C/C=C\C/C=C\C/C=C\C/C=C\CC)COP(=O)(O)OCC[N+](C)(C)C. The van der Waals surface area contributed by atoms with E-state index in [0.29, 0.717) is 17.4 Å². The maximum atomic E-state index is 12.9. The molecule has 10 heteroatoms. The van der Waals surface area contributed by atoms with E-state index in [1.807, 2.05) is 21.1 Å². The van der Waals surface area contributed by atoms with E-state index in [1.165, 1.54) is 103 Å². The number of hydrogen-bond acceptors (Lipinski definition) is 7. The molecule has 0 aliphatic heterocycles. The minimum atomic E-state index is -4.41. The van der Waals surface area contributed by atoms with Crippen LogP contribution in [0.5, 0.6) is 0 Å². The summed E-state index contributed by atoms with van der Waals surface area (Å²) in [7, 11) is 1.46. The lowest BCUT2D eigenvalue weighted by atomic mass is 10.0. The molecule has 1 N–H and O–H groups in total. The summed E-state index contributed by atoms with van der Waals surface area (Å²) < 4.78 is 34.8. The van der Waals surface area contributed by atoms with Crippen LogP contribution in [0.25, 0.3) is 0 Å². The maximum absolute atomic E-state index is 12.9. The van der Waals surface area contributed by atoms with Crippen LogP contribution in [0, 0.1) is 0 Å². The molecule has 0 aromatic rings. The zero-order valence-electron chi connectivity index (χ0n) is 64.3. The lowest BCUT2D eigenvalue weighted by Gasteiger charge is -2.24. The molecule has 0 amide bonds. The van der Waals surface area contributed by atoms with Crippen molar-refractivity contribution in [1.29, 1.82) is 0 Å². The van der Waals surface area contributed by atoms with Gasteiger partial charge in [0.1, 0.15) is 19.8 Å². The normalized spacial score (nSPS) is 14.2. The summed E-state index contributed by atoms with van der Waals surface area (Å²) in [5.41, 5.74) is 0. The first kappa shape index (κ1) is 94.6. The largest absolute Gasteiger partial charge is 0.472 e. The number of hydrogen-bond donors (Lipinski definition) is 1. The molecule has 2 unspecified atom stereocenters. The van der Waals surface area contributed by atoms with Crippen LogP contribution in [-0.2, 0) is 32.7 Å². The number of phosphoric ester groups is 1. The highest BCUT2D eigenvalue weighted by atomic mass is 31.2. The molecule has 0 aromatic carbocycles. The number of quaternary nitrogens is 1. The van der Waals surface area contributed by atoms with Gasteiger partial charge in [-0.15, -0.1) is 0 Å². The Morgan fingerprint density at radius 2 is 0.540 bits per heavy atom. The number of carbonyl (C=O) groups is 2. The Morgan fingerprint density at radius 1 is 0.310 bits per heavy atom. The Bertz CT molecular complexity index is 2450. The molecule has 100 heavy (non-hydrogen) atoms. The summed E-state index contributed by atoms with van der Waals surface area (Å²) in [6.07, 6.45) is 122. The highest BCUT2D eigenvalue weighted by Crippen LogP contribution is 2.43. The van der Waals surface area contributed by atoms with E-state index in [-0.39, 0.29) is 32.0 Å². The Balaban J connectivity index is 4.07. The Labute approximate surface area is 615 Å². The van der Waals surface area contributed by atoms with Gasteiger partial charge in [-0.25, -0.2) is 4.57 Å². The van der Waals surface area contributed by atoms with Gasteiger partial charge < -0.3 is 18.9 Å². The number of carbonyl (C=O) groups excluding carboxylic acids is 2. The molecule has 0 saturated carbocycles. The van der Waals surface area contributed by atoms with Crippen molar-refractivity contribution in [2.45, 2.75) is 302 Å². The number of rotatable bonds is 71. The van der Waals surface area contributed by atoms with Gasteiger partial charge in [0.2, 0.25) is 0 Å². The van der Waals surface area contributed by atoms with Crippen molar-refractivity contribution in [1.82, 2.24) is 0 Å². The Kier molecular flexibility index (Phi) is 73.5. The molecule has 0 radical (unpaired) electrons. The Morgan fingerprint density at radius 3 is 0.800 bits per heavy atom. The smallest absolute Gasteiger partial charge is 0.462 e. The van der Waals surface area contributed by atoms with E-state index < -0.39 is 26.5 Å². The lowest BCUT2D eigenvalue weighted by molar-refractivity contribution is -0.870. The van der Waals surface area contributed by atoms with Crippen molar-refractivity contribution in [3.05, 3.63) is 207 Å². The van der Waals surface area contributed by atoms with Crippen LogP contribution in [0.2, 0.25) is 0 Å². The third-order valence-corrected chi connectivity index (χ3v) is 17.3. The molecular formula is C90H147NO8P+. The first-order chi connectivity index (χ1) is 49.0. The van der Waals surface area contributed by atoms with Gasteiger partial charge in [0.05, 0.1) is 27.7 Å². The summed E-state index contributed by atoms with van der Waals surface area (Å²) in [4.78, 5) is 36.0.